The van der Waals surface area contributed by atoms with Crippen molar-refractivity contribution in [3.05, 3.63) is 255 Å². The van der Waals surface area contributed by atoms with Crippen LogP contribution in [0.5, 0.6) is 23.0 Å². The van der Waals surface area contributed by atoms with Crippen LogP contribution in [0, 0.1) is 0 Å². The molecule has 0 amide bonds. The number of hydrogen-bond acceptors (Lipinski definition) is 4. The summed E-state index contributed by atoms with van der Waals surface area (Å²) >= 11 is 0. The summed E-state index contributed by atoms with van der Waals surface area (Å²) in [6, 6.07) is 89.5. The Morgan fingerprint density at radius 3 is 0.606 bits per heavy atom. The first-order valence-electron chi connectivity index (χ1n) is 23.2. The maximum atomic E-state index is 5.82. The van der Waals surface area contributed by atoms with E-state index in [-0.39, 0.29) is 20.4 Å². The predicted octanol–water partition coefficient (Wildman–Crippen LogP) is 13.6. The molecule has 4 nitrogen and oxygen atoms in total. The molecule has 10 aromatic rings. The second-order valence-electron chi connectivity index (χ2n) is 16.2. The minimum atomic E-state index is -0.881. The summed E-state index contributed by atoms with van der Waals surface area (Å²) in [4.78, 5) is 0. The summed E-state index contributed by atoms with van der Waals surface area (Å²) in [6.45, 7) is 0. The van der Waals surface area contributed by atoms with Crippen LogP contribution in [-0.2, 0) is 20.4 Å². The van der Waals surface area contributed by atoms with Gasteiger partial charge in [-0.1, -0.05) is 231 Å². The van der Waals surface area contributed by atoms with E-state index in [2.05, 4.69) is 206 Å². The quantitative estimate of drug-likeness (QED) is 0.0803. The van der Waals surface area contributed by atoms with Crippen molar-refractivity contribution in [1.29, 1.82) is 0 Å². The van der Waals surface area contributed by atoms with Gasteiger partial charge in [-0.25, -0.2) is 0 Å². The second-order valence-corrected chi connectivity index (χ2v) is 20.5. The smallest absolute Gasteiger partial charge is 0.496 e. The van der Waals surface area contributed by atoms with Gasteiger partial charge in [-0.15, -0.1) is 0 Å². The molecule has 0 fully saturated rings. The molecule has 0 aliphatic heterocycles. The molecule has 0 aliphatic rings. The van der Waals surface area contributed by atoms with Gasteiger partial charge in [0.15, 0.2) is 0 Å². The average molecular weight is 1060 g/mol. The fraction of sp³-hybridized carbons (Fsp3) is 0.0625. The van der Waals surface area contributed by atoms with Gasteiger partial charge >= 0.3 is 20.4 Å². The Labute approximate surface area is 435 Å². The predicted molar refractivity (Wildman–Crippen MR) is 298 cm³/mol. The van der Waals surface area contributed by atoms with Crippen molar-refractivity contribution < 1.29 is 39.4 Å². The zero-order chi connectivity index (χ0) is 48.1. The topological polar surface area (TPSA) is 36.9 Å². The Hall–Kier alpha value is -7.08. The summed E-state index contributed by atoms with van der Waals surface area (Å²) in [7, 11) is 5.18. The van der Waals surface area contributed by atoms with Crippen LogP contribution in [0.25, 0.3) is 44.5 Å². The van der Waals surface area contributed by atoms with E-state index in [4.69, 9.17) is 18.9 Å². The summed E-state index contributed by atoms with van der Waals surface area (Å²) in [5.74, 6) is 3.45. The molecule has 0 bridgehead atoms. The van der Waals surface area contributed by atoms with E-state index in [0.717, 1.165) is 45.3 Å². The second kappa shape index (κ2) is 24.7. The van der Waals surface area contributed by atoms with Crippen LogP contribution in [-0.4, -0.2) is 28.4 Å². The molecule has 352 valence electrons. The molecule has 0 aromatic heterocycles. The number of benzene rings is 10. The molecule has 0 atom stereocenters. The zero-order valence-corrected chi connectivity index (χ0v) is 43.4. The van der Waals surface area contributed by atoms with Crippen LogP contribution < -0.4 is 50.8 Å². The van der Waals surface area contributed by atoms with Crippen molar-refractivity contribution in [3.63, 3.8) is 0 Å². The fourth-order valence-corrected chi connectivity index (χ4v) is 14.3. The normalized spacial score (nSPS) is 10.7. The van der Waals surface area contributed by atoms with E-state index in [1.54, 1.807) is 28.4 Å². The summed E-state index contributed by atoms with van der Waals surface area (Å²) in [5, 5.41) is 7.77. The average Bonchev–Trinajstić information content (AvgIpc) is 3.44. The van der Waals surface area contributed by atoms with E-state index < -0.39 is 15.8 Å². The molecule has 0 saturated heterocycles. The van der Waals surface area contributed by atoms with Crippen LogP contribution in [0.3, 0.4) is 0 Å². The molecule has 0 saturated carbocycles. The molecule has 71 heavy (non-hydrogen) atoms. The fourth-order valence-electron chi connectivity index (χ4n) is 9.03. The van der Waals surface area contributed by atoms with E-state index in [9.17, 15) is 0 Å². The van der Waals surface area contributed by atoms with E-state index in [0.29, 0.717) is 0 Å². The molecule has 10 aromatic carbocycles. The Bertz CT molecular complexity index is 2850. The third kappa shape index (κ3) is 11.1. The minimum Gasteiger partial charge on any atom is -0.496 e. The molecule has 0 aliphatic carbocycles. The summed E-state index contributed by atoms with van der Waals surface area (Å²) in [6.07, 6.45) is 0. The van der Waals surface area contributed by atoms with Crippen LogP contribution in [0.2, 0.25) is 0 Å². The molecule has 0 N–H and O–H groups in total. The van der Waals surface area contributed by atoms with Gasteiger partial charge in [0.25, 0.3) is 0 Å². The molecular formula is C64H54O4P2Pd+2. The number of hydrogen-bond donors (Lipinski definition) is 0. The maximum absolute atomic E-state index is 5.82. The van der Waals surface area contributed by atoms with Gasteiger partial charge in [0.05, 0.1) is 28.4 Å². The molecule has 0 radical (unpaired) electrons. The van der Waals surface area contributed by atoms with Crippen LogP contribution in [0.4, 0.5) is 0 Å². The van der Waals surface area contributed by atoms with E-state index >= 15 is 0 Å². The van der Waals surface area contributed by atoms with Crippen molar-refractivity contribution in [2.24, 2.45) is 0 Å². The first-order valence-corrected chi connectivity index (χ1v) is 25.9. The molecule has 0 spiro atoms. The first-order chi connectivity index (χ1) is 34.6. The van der Waals surface area contributed by atoms with Crippen molar-refractivity contribution >= 4 is 47.7 Å². The van der Waals surface area contributed by atoms with Crippen molar-refractivity contribution in [2.45, 2.75) is 0 Å². The minimum absolute atomic E-state index is 0. The van der Waals surface area contributed by atoms with Gasteiger partial charge in [-0.2, -0.15) is 0 Å². The molecule has 0 unspecified atom stereocenters. The third-order valence-electron chi connectivity index (χ3n) is 12.2. The third-order valence-corrected chi connectivity index (χ3v) is 17.3. The van der Waals surface area contributed by atoms with Gasteiger partial charge in [0.1, 0.15) is 23.0 Å². The van der Waals surface area contributed by atoms with Crippen molar-refractivity contribution in [2.75, 3.05) is 28.4 Å². The molecular weight excluding hydrogens is 1000 g/mol. The Morgan fingerprint density at radius 1 is 0.211 bits per heavy atom. The maximum Gasteiger partial charge on any atom is 2.00 e. The van der Waals surface area contributed by atoms with Crippen molar-refractivity contribution in [3.8, 4) is 67.5 Å². The summed E-state index contributed by atoms with van der Waals surface area (Å²) in [5.41, 5.74) is 9.02. The largest absolute Gasteiger partial charge is 2.00 e. The monoisotopic (exact) mass is 1050 g/mol. The number of ether oxygens (including phenoxy) is 4. The Kier molecular flexibility index (Phi) is 17.5. The first kappa shape index (κ1) is 50.3. The number of rotatable bonds is 14. The molecule has 0 heterocycles. The number of para-hydroxylation sites is 4. The van der Waals surface area contributed by atoms with Gasteiger partial charge in [0, 0.05) is 32.9 Å². The van der Waals surface area contributed by atoms with Gasteiger partial charge < -0.3 is 18.9 Å². The van der Waals surface area contributed by atoms with Crippen molar-refractivity contribution in [1.82, 2.24) is 0 Å². The van der Waals surface area contributed by atoms with Crippen LogP contribution in [0.1, 0.15) is 0 Å². The summed E-state index contributed by atoms with van der Waals surface area (Å²) < 4.78 is 23.3. The Balaban J connectivity index is 0.000000188. The zero-order valence-electron chi connectivity index (χ0n) is 40.1. The SMILES string of the molecule is COc1ccccc1-c1cccc(-c2ccccc2OC)c1P(c1ccccc1)c1ccccc1.COc1ccccc1-c1cccc(-c2ccccc2OC)c1P(c1ccccc1)c1ccccc1.[Pd+2]. The molecule has 7 heteroatoms. The Morgan fingerprint density at radius 2 is 0.394 bits per heavy atom. The standard InChI is InChI=1S/2C32H27O2P.Pd/c2*1-33-30-22-11-9-18-26(30)28-20-13-21-29(27-19-10-12-23-31(27)34-2)32(28)35(24-14-5-3-6-15-24)25-16-7-4-8-17-25;/h2*3-23H,1-2H3;/q;;+2. The van der Waals surface area contributed by atoms with Gasteiger partial charge in [-0.05, 0) is 83.6 Å². The van der Waals surface area contributed by atoms with Gasteiger partial charge in [0.2, 0.25) is 0 Å². The van der Waals surface area contributed by atoms with Crippen LogP contribution in [0.15, 0.2) is 255 Å². The van der Waals surface area contributed by atoms with Crippen LogP contribution >= 0.6 is 15.8 Å². The van der Waals surface area contributed by atoms with Gasteiger partial charge in [-0.3, -0.25) is 0 Å². The molecule has 10 rings (SSSR count). The van der Waals surface area contributed by atoms with E-state index in [1.807, 2.05) is 48.5 Å². The number of methoxy groups -OCH3 is 4. The van der Waals surface area contributed by atoms with E-state index in [1.165, 1.54) is 54.1 Å².